The summed E-state index contributed by atoms with van der Waals surface area (Å²) >= 11 is 3.42. The van der Waals surface area contributed by atoms with E-state index in [0.717, 1.165) is 42.3 Å². The van der Waals surface area contributed by atoms with Gasteiger partial charge >= 0.3 is 0 Å². The van der Waals surface area contributed by atoms with Crippen LogP contribution in [0.15, 0.2) is 45.3 Å². The number of carbonyl (C=O) groups is 1. The maximum absolute atomic E-state index is 14.7. The number of benzene rings is 2. The first kappa shape index (κ1) is 24.4. The lowest BCUT2D eigenvalue weighted by Crippen LogP contribution is -2.29. The van der Waals surface area contributed by atoms with E-state index in [1.165, 1.54) is 10.7 Å². The van der Waals surface area contributed by atoms with Crippen LogP contribution >= 0.6 is 15.9 Å². The Hall–Kier alpha value is -2.74. The van der Waals surface area contributed by atoms with Gasteiger partial charge in [0, 0.05) is 22.5 Å². The molecule has 0 aliphatic carbocycles. The Balaban J connectivity index is 1.67. The van der Waals surface area contributed by atoms with Gasteiger partial charge in [-0.05, 0) is 48.6 Å². The predicted octanol–water partition coefficient (Wildman–Crippen LogP) is 7.39. The van der Waals surface area contributed by atoms with Crippen molar-refractivity contribution in [1.29, 1.82) is 0 Å². The fourth-order valence-electron chi connectivity index (χ4n) is 4.27. The molecule has 0 spiro atoms. The normalized spacial score (nSPS) is 12.7. The van der Waals surface area contributed by atoms with Crippen LogP contribution in [0.5, 0.6) is 0 Å². The number of amides is 1. The smallest absolute Gasteiger partial charge is 0.275 e. The van der Waals surface area contributed by atoms with Gasteiger partial charge in [0.1, 0.15) is 22.6 Å². The second-order valence-electron chi connectivity index (χ2n) is 8.85. The molecule has 0 aliphatic rings. The molecule has 8 heteroatoms. The van der Waals surface area contributed by atoms with Gasteiger partial charge in [0.25, 0.3) is 5.91 Å². The average molecular weight is 532 g/mol. The zero-order valence-corrected chi connectivity index (χ0v) is 21.1. The lowest BCUT2D eigenvalue weighted by molar-refractivity contribution is 0.0942. The monoisotopic (exact) mass is 531 g/mol. The van der Waals surface area contributed by atoms with E-state index in [-0.39, 0.29) is 17.0 Å². The molecule has 1 unspecified atom stereocenters. The van der Waals surface area contributed by atoms with Crippen molar-refractivity contribution in [3.63, 3.8) is 0 Å². The zero-order chi connectivity index (χ0) is 24.4. The van der Waals surface area contributed by atoms with Gasteiger partial charge in [-0.1, -0.05) is 56.0 Å². The van der Waals surface area contributed by atoms with E-state index in [1.807, 2.05) is 12.1 Å². The number of halogens is 3. The maximum Gasteiger partial charge on any atom is 0.275 e. The van der Waals surface area contributed by atoms with Gasteiger partial charge in [0.05, 0.1) is 0 Å². The van der Waals surface area contributed by atoms with E-state index in [4.69, 9.17) is 4.42 Å². The number of nitrogens with zero attached hydrogens (tertiary/aromatic N) is 2. The van der Waals surface area contributed by atoms with Gasteiger partial charge in [0.15, 0.2) is 17.1 Å². The van der Waals surface area contributed by atoms with Crippen LogP contribution in [0.4, 0.5) is 8.78 Å². The van der Waals surface area contributed by atoms with Crippen LogP contribution < -0.4 is 5.32 Å². The molecule has 2 heterocycles. The number of hydrogen-bond acceptors (Lipinski definition) is 3. The van der Waals surface area contributed by atoms with Crippen molar-refractivity contribution in [3.8, 4) is 5.69 Å². The molecule has 0 saturated heterocycles. The summed E-state index contributed by atoms with van der Waals surface area (Å²) in [5.74, 6) is -0.847. The quantitative estimate of drug-likeness (QED) is 0.245. The lowest BCUT2D eigenvalue weighted by Gasteiger charge is -2.16. The molecule has 0 aliphatic heterocycles. The summed E-state index contributed by atoms with van der Waals surface area (Å²) in [5, 5.41) is 8.03. The third-order valence-electron chi connectivity index (χ3n) is 6.44. The summed E-state index contributed by atoms with van der Waals surface area (Å²) in [5.41, 5.74) is 1.36. The first-order valence-electron chi connectivity index (χ1n) is 11.7. The van der Waals surface area contributed by atoms with E-state index >= 15 is 0 Å². The third kappa shape index (κ3) is 4.87. The molecular weight excluding hydrogens is 504 g/mol. The molecule has 4 aromatic rings. The highest BCUT2D eigenvalue weighted by Gasteiger charge is 2.26. The van der Waals surface area contributed by atoms with Crippen molar-refractivity contribution in [1.82, 2.24) is 15.1 Å². The van der Waals surface area contributed by atoms with Crippen molar-refractivity contribution in [3.05, 3.63) is 58.2 Å². The highest BCUT2D eigenvalue weighted by Crippen LogP contribution is 2.35. The topological polar surface area (TPSA) is 60.1 Å². The fraction of sp³-hybridized carbons (Fsp3) is 0.385. The molecule has 1 atom stereocenters. The Labute approximate surface area is 205 Å². The Kier molecular flexibility index (Phi) is 7.36. The van der Waals surface area contributed by atoms with Crippen molar-refractivity contribution in [2.24, 2.45) is 11.8 Å². The number of nitrogens with one attached hydrogen (secondary N) is 1. The van der Waals surface area contributed by atoms with Gasteiger partial charge in [-0.25, -0.2) is 13.5 Å². The minimum absolute atomic E-state index is 0.0367. The summed E-state index contributed by atoms with van der Waals surface area (Å²) < 4.78 is 36.3. The minimum Gasteiger partial charge on any atom is -0.452 e. The Morgan fingerprint density at radius 2 is 1.91 bits per heavy atom. The molecule has 2 aromatic heterocycles. The van der Waals surface area contributed by atoms with Crippen LogP contribution in [0.1, 0.15) is 56.9 Å². The van der Waals surface area contributed by atoms with Crippen LogP contribution in [0, 0.1) is 23.5 Å². The molecule has 0 radical (unpaired) electrons. The second-order valence-corrected chi connectivity index (χ2v) is 9.77. The molecule has 0 bridgehead atoms. The summed E-state index contributed by atoms with van der Waals surface area (Å²) in [6, 6.07) is 8.68. The number of aromatic nitrogens is 2. The van der Waals surface area contributed by atoms with Crippen molar-refractivity contribution >= 4 is 43.9 Å². The first-order chi connectivity index (χ1) is 16.3. The number of carbonyl (C=O) groups excluding carboxylic acids is 1. The van der Waals surface area contributed by atoms with E-state index in [0.29, 0.717) is 34.9 Å². The van der Waals surface area contributed by atoms with Crippen LogP contribution in [-0.2, 0) is 0 Å². The molecule has 1 amide bonds. The van der Waals surface area contributed by atoms with Crippen molar-refractivity contribution in [2.45, 2.75) is 46.5 Å². The van der Waals surface area contributed by atoms with Crippen LogP contribution in [-0.4, -0.2) is 22.2 Å². The average Bonchev–Trinajstić information content (AvgIpc) is 3.35. The van der Waals surface area contributed by atoms with Gasteiger partial charge in [-0.2, -0.15) is 5.10 Å². The van der Waals surface area contributed by atoms with Gasteiger partial charge in [-0.15, -0.1) is 0 Å². The van der Waals surface area contributed by atoms with Crippen LogP contribution in [0.2, 0.25) is 0 Å². The van der Waals surface area contributed by atoms with E-state index < -0.39 is 17.5 Å². The van der Waals surface area contributed by atoms with Gasteiger partial charge in [0.2, 0.25) is 0 Å². The zero-order valence-electron chi connectivity index (χ0n) is 19.5. The second kappa shape index (κ2) is 10.3. The molecule has 0 saturated carbocycles. The minimum atomic E-state index is -0.780. The number of fused-ring (bicyclic) bond motifs is 3. The molecule has 180 valence electrons. The fourth-order valence-corrected chi connectivity index (χ4v) is 4.61. The Morgan fingerprint density at radius 1 is 1.15 bits per heavy atom. The first-order valence-corrected chi connectivity index (χ1v) is 12.5. The number of hydrogen-bond donors (Lipinski definition) is 1. The standard InChI is InChI=1S/C26H28BrF2N3O2/c1-4-16(5-2)7-6-15(3)14-30-26(33)23-25-24(19-10-8-17(27)12-22(19)34-25)32(31-23)21-11-9-18(28)13-20(21)29/h8-13,15-16H,4-7,14H2,1-3H3,(H,30,33). The molecule has 0 fully saturated rings. The SMILES string of the molecule is CCC(CC)CCC(C)CNC(=O)c1nn(-c2ccc(F)cc2F)c2c1oc1cc(Br)ccc12. The third-order valence-corrected chi connectivity index (χ3v) is 6.93. The van der Waals surface area contributed by atoms with Crippen molar-refractivity contribution in [2.75, 3.05) is 6.54 Å². The Morgan fingerprint density at radius 3 is 2.62 bits per heavy atom. The highest BCUT2D eigenvalue weighted by molar-refractivity contribution is 9.10. The molecule has 4 rings (SSSR count). The van der Waals surface area contributed by atoms with E-state index in [1.54, 1.807) is 6.07 Å². The molecule has 2 aromatic carbocycles. The van der Waals surface area contributed by atoms with Crippen molar-refractivity contribution < 1.29 is 18.0 Å². The molecule has 1 N–H and O–H groups in total. The maximum atomic E-state index is 14.7. The predicted molar refractivity (Wildman–Crippen MR) is 133 cm³/mol. The number of rotatable bonds is 9. The van der Waals surface area contributed by atoms with Gasteiger partial charge < -0.3 is 9.73 Å². The largest absolute Gasteiger partial charge is 0.452 e. The van der Waals surface area contributed by atoms with Crippen LogP contribution in [0.25, 0.3) is 27.8 Å². The molecule has 5 nitrogen and oxygen atoms in total. The summed E-state index contributed by atoms with van der Waals surface area (Å²) in [6.07, 6.45) is 4.47. The van der Waals surface area contributed by atoms with E-state index in [2.05, 4.69) is 47.1 Å². The Bertz CT molecular complexity index is 1330. The van der Waals surface area contributed by atoms with Crippen LogP contribution in [0.3, 0.4) is 0 Å². The van der Waals surface area contributed by atoms with E-state index in [9.17, 15) is 13.6 Å². The lowest BCUT2D eigenvalue weighted by atomic mass is 9.93. The molecule has 34 heavy (non-hydrogen) atoms. The number of furan rings is 1. The summed E-state index contributed by atoms with van der Waals surface area (Å²) in [7, 11) is 0. The van der Waals surface area contributed by atoms with Gasteiger partial charge in [-0.3, -0.25) is 4.79 Å². The highest BCUT2D eigenvalue weighted by atomic mass is 79.9. The molecular formula is C26H28BrF2N3O2. The summed E-state index contributed by atoms with van der Waals surface area (Å²) in [6.45, 7) is 7.03. The summed E-state index contributed by atoms with van der Waals surface area (Å²) in [4.78, 5) is 13.1.